The van der Waals surface area contributed by atoms with Gasteiger partial charge in [0, 0.05) is 10.7 Å². The van der Waals surface area contributed by atoms with Gasteiger partial charge in [0.25, 0.3) is 5.91 Å². The minimum Gasteiger partial charge on any atom is -0.459 e. The number of primary amides is 1. The lowest BCUT2D eigenvalue weighted by atomic mass is 10.3. The molecular weight excluding hydrogens is 228 g/mol. The van der Waals surface area contributed by atoms with Crippen LogP contribution in [0.1, 0.15) is 10.6 Å². The Balaban J connectivity index is 0.000000160. The van der Waals surface area contributed by atoms with Gasteiger partial charge in [-0.3, -0.25) is 4.79 Å². The number of anilines is 1. The first kappa shape index (κ1) is 12.1. The smallest absolute Gasteiger partial charge is 0.284 e. The molecule has 0 aliphatic carbocycles. The van der Waals surface area contributed by atoms with Gasteiger partial charge in [-0.05, 0) is 30.3 Å². The highest BCUT2D eigenvalue weighted by Crippen LogP contribution is 2.10. The molecule has 0 atom stereocenters. The van der Waals surface area contributed by atoms with E-state index < -0.39 is 5.91 Å². The number of nitrogens with two attached hydrogens (primary N) is 2. The van der Waals surface area contributed by atoms with Crippen molar-refractivity contribution in [1.82, 2.24) is 0 Å². The number of halogens is 1. The zero-order chi connectivity index (χ0) is 12.0. The molecule has 0 saturated heterocycles. The first-order valence-corrected chi connectivity index (χ1v) is 4.81. The van der Waals surface area contributed by atoms with E-state index in [0.29, 0.717) is 10.7 Å². The number of hydrogen-bond donors (Lipinski definition) is 2. The van der Waals surface area contributed by atoms with Crippen molar-refractivity contribution in [2.24, 2.45) is 5.73 Å². The maximum absolute atomic E-state index is 10.2. The summed E-state index contributed by atoms with van der Waals surface area (Å²) in [6.07, 6.45) is 1.40. The van der Waals surface area contributed by atoms with Gasteiger partial charge in [-0.15, -0.1) is 0 Å². The molecule has 1 amide bonds. The van der Waals surface area contributed by atoms with Gasteiger partial charge in [0.2, 0.25) is 0 Å². The number of nitrogen functional groups attached to an aromatic ring is 1. The predicted molar refractivity (Wildman–Crippen MR) is 63.1 cm³/mol. The van der Waals surface area contributed by atoms with E-state index in [2.05, 4.69) is 4.42 Å². The average molecular weight is 239 g/mol. The van der Waals surface area contributed by atoms with Crippen molar-refractivity contribution in [2.45, 2.75) is 0 Å². The van der Waals surface area contributed by atoms with Crippen molar-refractivity contribution in [3.8, 4) is 0 Å². The van der Waals surface area contributed by atoms with Crippen molar-refractivity contribution < 1.29 is 9.21 Å². The van der Waals surface area contributed by atoms with E-state index in [1.54, 1.807) is 24.3 Å². The average Bonchev–Trinajstić information content (AvgIpc) is 2.70. The van der Waals surface area contributed by atoms with Crippen LogP contribution >= 0.6 is 11.6 Å². The molecule has 0 fully saturated rings. The Hall–Kier alpha value is -1.94. The lowest BCUT2D eigenvalue weighted by Crippen LogP contribution is -2.08. The fraction of sp³-hybridized carbons (Fsp3) is 0. The van der Waals surface area contributed by atoms with E-state index >= 15 is 0 Å². The van der Waals surface area contributed by atoms with E-state index in [0.717, 1.165) is 0 Å². The second-order valence-corrected chi connectivity index (χ2v) is 3.33. The molecule has 16 heavy (non-hydrogen) atoms. The molecule has 1 aromatic heterocycles. The zero-order valence-corrected chi connectivity index (χ0v) is 9.15. The molecule has 4 nitrogen and oxygen atoms in total. The highest BCUT2D eigenvalue weighted by atomic mass is 35.5. The third-order valence-electron chi connectivity index (χ3n) is 1.61. The van der Waals surface area contributed by atoms with Crippen LogP contribution in [-0.2, 0) is 0 Å². The first-order valence-electron chi connectivity index (χ1n) is 4.44. The SMILES string of the molecule is NC(=O)c1ccco1.Nc1cccc(Cl)c1. The fourth-order valence-electron chi connectivity index (χ4n) is 0.925. The molecule has 84 valence electrons. The molecule has 4 N–H and O–H groups in total. The summed E-state index contributed by atoms with van der Waals surface area (Å²) in [4.78, 5) is 10.2. The third-order valence-corrected chi connectivity index (χ3v) is 1.85. The summed E-state index contributed by atoms with van der Waals surface area (Å²) in [5, 5.41) is 0.685. The maximum atomic E-state index is 10.2. The molecule has 0 bridgehead atoms. The summed E-state index contributed by atoms with van der Waals surface area (Å²) >= 11 is 5.56. The summed E-state index contributed by atoms with van der Waals surface area (Å²) < 4.78 is 4.62. The minimum absolute atomic E-state index is 0.199. The fourth-order valence-corrected chi connectivity index (χ4v) is 1.12. The summed E-state index contributed by atoms with van der Waals surface area (Å²) in [5.74, 6) is -0.333. The maximum Gasteiger partial charge on any atom is 0.284 e. The molecule has 2 rings (SSSR count). The minimum atomic E-state index is -0.532. The number of carbonyl (C=O) groups excluding carboxylic acids is 1. The van der Waals surface area contributed by atoms with Gasteiger partial charge >= 0.3 is 0 Å². The quantitative estimate of drug-likeness (QED) is 0.748. The van der Waals surface area contributed by atoms with E-state index in [9.17, 15) is 4.79 Å². The van der Waals surface area contributed by atoms with Crippen LogP contribution in [0.5, 0.6) is 0 Å². The van der Waals surface area contributed by atoms with Crippen LogP contribution in [0.25, 0.3) is 0 Å². The molecule has 1 heterocycles. The summed E-state index contributed by atoms with van der Waals surface area (Å²) in [6.45, 7) is 0. The van der Waals surface area contributed by atoms with Crippen molar-refractivity contribution >= 4 is 23.2 Å². The first-order chi connectivity index (χ1) is 7.59. The molecule has 0 spiro atoms. The van der Waals surface area contributed by atoms with Crippen LogP contribution in [0, 0.1) is 0 Å². The largest absolute Gasteiger partial charge is 0.459 e. The van der Waals surface area contributed by atoms with Crippen LogP contribution in [0.3, 0.4) is 0 Å². The number of amides is 1. The van der Waals surface area contributed by atoms with Crippen LogP contribution < -0.4 is 11.5 Å². The Labute approximate surface area is 97.8 Å². The van der Waals surface area contributed by atoms with Crippen LogP contribution in [0.15, 0.2) is 47.1 Å². The Bertz CT molecular complexity index is 438. The molecule has 0 aliphatic heterocycles. The number of carbonyl (C=O) groups is 1. The van der Waals surface area contributed by atoms with Crippen molar-refractivity contribution in [3.63, 3.8) is 0 Å². The second-order valence-electron chi connectivity index (χ2n) is 2.90. The van der Waals surface area contributed by atoms with Crippen LogP contribution in [0.4, 0.5) is 5.69 Å². The van der Waals surface area contributed by atoms with Crippen molar-refractivity contribution in [3.05, 3.63) is 53.4 Å². The Morgan fingerprint density at radius 1 is 1.25 bits per heavy atom. The highest BCUT2D eigenvalue weighted by Gasteiger charge is 1.98. The molecule has 1 aromatic carbocycles. The monoisotopic (exact) mass is 238 g/mol. The standard InChI is InChI=1S/C6H6ClN.C5H5NO2/c7-5-2-1-3-6(8)4-5;6-5(7)4-2-1-3-8-4/h1-4H,8H2;1-3H,(H2,6,7). The molecule has 0 radical (unpaired) electrons. The van der Waals surface area contributed by atoms with E-state index in [-0.39, 0.29) is 5.76 Å². The Kier molecular flexibility index (Phi) is 4.42. The highest BCUT2D eigenvalue weighted by molar-refractivity contribution is 6.30. The molecular formula is C11H11ClN2O2. The third kappa shape index (κ3) is 4.06. The summed E-state index contributed by atoms with van der Waals surface area (Å²) in [7, 11) is 0. The van der Waals surface area contributed by atoms with Gasteiger partial charge in [0.05, 0.1) is 6.26 Å². The number of benzene rings is 1. The lowest BCUT2D eigenvalue weighted by molar-refractivity contribution is 0.0974. The van der Waals surface area contributed by atoms with Crippen molar-refractivity contribution in [2.75, 3.05) is 5.73 Å². The molecule has 0 unspecified atom stereocenters. The number of rotatable bonds is 1. The van der Waals surface area contributed by atoms with Crippen LogP contribution in [-0.4, -0.2) is 5.91 Å². The topological polar surface area (TPSA) is 82.2 Å². The molecule has 0 aliphatic rings. The van der Waals surface area contributed by atoms with Gasteiger partial charge in [0.1, 0.15) is 0 Å². The van der Waals surface area contributed by atoms with Gasteiger partial charge < -0.3 is 15.9 Å². The van der Waals surface area contributed by atoms with Gasteiger partial charge in [-0.1, -0.05) is 17.7 Å². The van der Waals surface area contributed by atoms with Gasteiger partial charge in [0.15, 0.2) is 5.76 Å². The number of hydrogen-bond acceptors (Lipinski definition) is 3. The molecule has 5 heteroatoms. The van der Waals surface area contributed by atoms with Gasteiger partial charge in [-0.2, -0.15) is 0 Å². The molecule has 0 saturated carbocycles. The summed E-state index contributed by atoms with van der Waals surface area (Å²) in [6, 6.07) is 10.2. The lowest BCUT2D eigenvalue weighted by Gasteiger charge is -1.89. The van der Waals surface area contributed by atoms with E-state index in [1.165, 1.54) is 12.3 Å². The Morgan fingerprint density at radius 3 is 2.31 bits per heavy atom. The molecule has 2 aromatic rings. The number of furan rings is 1. The van der Waals surface area contributed by atoms with E-state index in [1.807, 2.05) is 6.07 Å². The van der Waals surface area contributed by atoms with E-state index in [4.69, 9.17) is 23.1 Å². The predicted octanol–water partition coefficient (Wildman–Crippen LogP) is 2.30. The normalized spacial score (nSPS) is 9.06. The van der Waals surface area contributed by atoms with Gasteiger partial charge in [-0.25, -0.2) is 0 Å². The zero-order valence-electron chi connectivity index (χ0n) is 8.39. The summed E-state index contributed by atoms with van der Waals surface area (Å²) in [5.41, 5.74) is 10.9. The van der Waals surface area contributed by atoms with Crippen molar-refractivity contribution in [1.29, 1.82) is 0 Å². The second kappa shape index (κ2) is 5.82. The van der Waals surface area contributed by atoms with Crippen LogP contribution in [0.2, 0.25) is 5.02 Å². The Morgan fingerprint density at radius 2 is 2.00 bits per heavy atom.